The maximum Gasteiger partial charge on any atom is 0.367 e. The summed E-state index contributed by atoms with van der Waals surface area (Å²) >= 11 is 0.842. The largest absolute Gasteiger partial charge is 0.471 e. The number of ether oxygens (including phenoxy) is 9. The smallest absolute Gasteiger partial charge is 0.367 e. The Morgan fingerprint density at radius 1 is 0.732 bits per heavy atom. The van der Waals surface area contributed by atoms with Crippen LogP contribution in [0.5, 0.6) is 0 Å². The van der Waals surface area contributed by atoms with Gasteiger partial charge < -0.3 is 88.6 Å². The van der Waals surface area contributed by atoms with Gasteiger partial charge in [-0.25, -0.2) is 14.4 Å². The second kappa shape index (κ2) is 16.6. The summed E-state index contributed by atoms with van der Waals surface area (Å²) in [7, 11) is 0. The Morgan fingerprint density at radius 3 is 2.00 bits per heavy atom. The predicted octanol–water partition coefficient (Wildman–Crippen LogP) is -4.23. The maximum atomic E-state index is 13.8. The van der Waals surface area contributed by atoms with Gasteiger partial charge in [-0.05, 0) is 35.2 Å². The van der Waals surface area contributed by atoms with Gasteiger partial charge in [0.2, 0.25) is 12.6 Å². The average molecular weight is 819 g/mol. The fourth-order valence-electron chi connectivity index (χ4n) is 8.13. The summed E-state index contributed by atoms with van der Waals surface area (Å²) in [5.74, 6) is -5.60. The van der Waals surface area contributed by atoms with Crippen LogP contribution >= 0.6 is 11.8 Å². The van der Waals surface area contributed by atoms with E-state index in [-0.39, 0.29) is 23.3 Å². The van der Waals surface area contributed by atoms with Gasteiger partial charge in [-0.15, -0.1) is 0 Å². The molecule has 22 heteroatoms. The molecule has 3 fully saturated rings. The molecule has 9 N–H and O–H groups in total. The van der Waals surface area contributed by atoms with Crippen LogP contribution in [0, 0.1) is 23.7 Å². The van der Waals surface area contributed by atoms with E-state index in [0.717, 1.165) is 24.3 Å². The summed E-state index contributed by atoms with van der Waals surface area (Å²) < 4.78 is 50.6. The monoisotopic (exact) mass is 818 g/mol. The SMILES string of the molecule is CSC(=O)OCC1=CC2OC(=O)C3=COC(OC4OC(CO)C(O)C(OC(=O)C5=COC(OC6OC(CO)C(O)C(O)C6O)C6C(CO)=CC(O)C56)C4O)C1C32. The lowest BCUT2D eigenvalue weighted by Crippen LogP contribution is -2.61. The molecule has 2 aliphatic carbocycles. The van der Waals surface area contributed by atoms with Crippen LogP contribution in [0.15, 0.2) is 47.0 Å². The number of fused-ring (bicyclic) bond motifs is 1. The third-order valence-corrected chi connectivity index (χ3v) is 11.4. The minimum absolute atomic E-state index is 0.139. The zero-order chi connectivity index (χ0) is 40.2. The molecule has 18 unspecified atom stereocenters. The van der Waals surface area contributed by atoms with Crippen molar-refractivity contribution in [3.63, 3.8) is 0 Å². The van der Waals surface area contributed by atoms with Crippen LogP contribution in [0.1, 0.15) is 0 Å². The highest BCUT2D eigenvalue weighted by Gasteiger charge is 2.58. The van der Waals surface area contributed by atoms with E-state index >= 15 is 0 Å². The van der Waals surface area contributed by atoms with Gasteiger partial charge in [0.25, 0.3) is 0 Å². The highest BCUT2D eigenvalue weighted by Crippen LogP contribution is 2.50. The molecule has 0 aromatic rings. The number of carbonyl (C=O) groups is 3. The molecular formula is C34H42O21S. The van der Waals surface area contributed by atoms with Gasteiger partial charge in [-0.3, -0.25) is 0 Å². The summed E-state index contributed by atoms with van der Waals surface area (Å²) in [4.78, 5) is 38.2. The number of aliphatic hydroxyl groups is 9. The van der Waals surface area contributed by atoms with Crippen LogP contribution in [0.25, 0.3) is 0 Å². The van der Waals surface area contributed by atoms with Crippen LogP contribution in [0.4, 0.5) is 4.79 Å². The molecule has 310 valence electrons. The molecule has 5 aliphatic heterocycles. The normalized spacial score (nSPS) is 43.9. The molecule has 0 amide bonds. The van der Waals surface area contributed by atoms with Gasteiger partial charge in [0, 0.05) is 11.8 Å². The van der Waals surface area contributed by atoms with E-state index in [4.69, 9.17) is 42.6 Å². The van der Waals surface area contributed by atoms with Crippen molar-refractivity contribution in [2.45, 2.75) is 86.2 Å². The van der Waals surface area contributed by atoms with E-state index < -0.39 is 147 Å². The Balaban J connectivity index is 1.08. The lowest BCUT2D eigenvalue weighted by molar-refractivity contribution is -0.341. The molecule has 0 aromatic carbocycles. The molecule has 21 nitrogen and oxygen atoms in total. The molecule has 5 heterocycles. The van der Waals surface area contributed by atoms with Crippen LogP contribution in [0.3, 0.4) is 0 Å². The first kappa shape index (κ1) is 41.0. The Bertz CT molecular complexity index is 1650. The van der Waals surface area contributed by atoms with Crippen LogP contribution in [-0.4, -0.2) is 182 Å². The Hall–Kier alpha value is -3.20. The number of aliphatic hydroxyl groups excluding tert-OH is 9. The fourth-order valence-corrected chi connectivity index (χ4v) is 8.30. The summed E-state index contributed by atoms with van der Waals surface area (Å²) in [6.45, 7) is -2.43. The van der Waals surface area contributed by atoms with Gasteiger partial charge in [0.05, 0.1) is 61.4 Å². The van der Waals surface area contributed by atoms with Gasteiger partial charge >= 0.3 is 17.2 Å². The first-order chi connectivity index (χ1) is 26.8. The quantitative estimate of drug-likeness (QED) is 0.0542. The zero-order valence-electron chi connectivity index (χ0n) is 29.4. The van der Waals surface area contributed by atoms with Gasteiger partial charge in [0.1, 0.15) is 55.4 Å². The molecule has 0 spiro atoms. The maximum absolute atomic E-state index is 13.8. The summed E-state index contributed by atoms with van der Waals surface area (Å²) in [6.07, 6.45) is -15.7. The van der Waals surface area contributed by atoms with Crippen LogP contribution in [-0.2, 0) is 52.2 Å². The third kappa shape index (κ3) is 7.25. The lowest BCUT2D eigenvalue weighted by atomic mass is 9.82. The molecule has 0 bridgehead atoms. The second-order valence-corrected chi connectivity index (χ2v) is 14.8. The Morgan fingerprint density at radius 2 is 1.36 bits per heavy atom. The average Bonchev–Trinajstić information content (AvgIpc) is 3.84. The number of thioether (sulfide) groups is 1. The van der Waals surface area contributed by atoms with E-state index in [1.54, 1.807) is 6.08 Å². The minimum atomic E-state index is -1.95. The first-order valence-electron chi connectivity index (χ1n) is 17.6. The number of hydrogen-bond acceptors (Lipinski definition) is 22. The van der Waals surface area contributed by atoms with Crippen LogP contribution < -0.4 is 0 Å². The van der Waals surface area contributed by atoms with Crippen molar-refractivity contribution in [2.75, 3.05) is 32.7 Å². The molecule has 18 atom stereocenters. The third-order valence-electron chi connectivity index (χ3n) is 10.9. The fraction of sp³-hybridized carbons (Fsp3) is 0.676. The molecule has 3 saturated heterocycles. The summed E-state index contributed by atoms with van der Waals surface area (Å²) in [5.41, 5.74) is 0.486. The van der Waals surface area contributed by atoms with Crippen molar-refractivity contribution in [1.82, 2.24) is 0 Å². The van der Waals surface area contributed by atoms with Gasteiger partial charge in [-0.2, -0.15) is 0 Å². The number of esters is 2. The van der Waals surface area contributed by atoms with Gasteiger partial charge in [0.15, 0.2) is 18.7 Å². The van der Waals surface area contributed by atoms with Crippen molar-refractivity contribution in [1.29, 1.82) is 0 Å². The van der Waals surface area contributed by atoms with E-state index in [1.807, 2.05) is 0 Å². The number of hydrogen-bond donors (Lipinski definition) is 9. The molecule has 7 rings (SSSR count). The molecule has 7 aliphatic rings. The molecule has 0 radical (unpaired) electrons. The number of rotatable bonds is 11. The van der Waals surface area contributed by atoms with Crippen molar-refractivity contribution >= 4 is 29.0 Å². The standard InChI is InChI=1S/C34H42O21S/c1-56-34(46)49-7-11-3-15-21-13(28(44)50-15)9-48-31(19(11)21)55-33-26(43)27(23(40)17(6-37)52-33)53-29(45)12-8-47-30(18-10(4-35)2-14(38)20(12)18)54-32-25(42)24(41)22(39)16(5-36)51-32/h2-3,8-9,14-27,30-33,35-43H,4-7H2,1H3. The Kier molecular flexibility index (Phi) is 12.1. The Labute approximate surface area is 321 Å². The van der Waals surface area contributed by atoms with Crippen LogP contribution in [0.2, 0.25) is 0 Å². The molecule has 0 aromatic heterocycles. The van der Waals surface area contributed by atoms with Crippen molar-refractivity contribution in [2.24, 2.45) is 23.7 Å². The first-order valence-corrected chi connectivity index (χ1v) is 18.8. The van der Waals surface area contributed by atoms with E-state index in [9.17, 15) is 60.3 Å². The van der Waals surface area contributed by atoms with E-state index in [2.05, 4.69) is 0 Å². The highest BCUT2D eigenvalue weighted by molar-refractivity contribution is 8.12. The predicted molar refractivity (Wildman–Crippen MR) is 177 cm³/mol. The molecular weight excluding hydrogens is 776 g/mol. The van der Waals surface area contributed by atoms with E-state index in [1.165, 1.54) is 12.3 Å². The van der Waals surface area contributed by atoms with Crippen molar-refractivity contribution in [3.8, 4) is 0 Å². The second-order valence-electron chi connectivity index (χ2n) is 14.0. The summed E-state index contributed by atoms with van der Waals surface area (Å²) in [6, 6.07) is 0. The zero-order valence-corrected chi connectivity index (χ0v) is 30.2. The van der Waals surface area contributed by atoms with Gasteiger partial charge in [-0.1, -0.05) is 6.08 Å². The lowest BCUT2D eigenvalue weighted by Gasteiger charge is -2.44. The number of carbonyl (C=O) groups excluding carboxylic acids is 3. The molecule has 56 heavy (non-hydrogen) atoms. The van der Waals surface area contributed by atoms with E-state index in [0.29, 0.717) is 5.57 Å². The van der Waals surface area contributed by atoms with Crippen molar-refractivity contribution in [3.05, 3.63) is 47.0 Å². The van der Waals surface area contributed by atoms with Crippen molar-refractivity contribution < 1.29 is 103 Å². The minimum Gasteiger partial charge on any atom is -0.471 e. The molecule has 0 saturated carbocycles. The summed E-state index contributed by atoms with van der Waals surface area (Å²) in [5, 5.41) is 93.6. The topological polar surface area (TPSA) is 316 Å². The highest BCUT2D eigenvalue weighted by atomic mass is 32.2.